The summed E-state index contributed by atoms with van der Waals surface area (Å²) in [6.07, 6.45) is 4.09. The van der Waals surface area contributed by atoms with E-state index in [9.17, 15) is 9.59 Å². The van der Waals surface area contributed by atoms with E-state index < -0.39 is 11.8 Å². The number of nitrogens with one attached hydrogen (secondary N) is 3. The van der Waals surface area contributed by atoms with Gasteiger partial charge < -0.3 is 16.0 Å². The summed E-state index contributed by atoms with van der Waals surface area (Å²) in [7, 11) is 0. The number of rotatable bonds is 8. The molecule has 0 spiro atoms. The molecule has 0 unspecified atom stereocenters. The minimum atomic E-state index is -0.652. The number of hydrogen-bond donors (Lipinski definition) is 3. The van der Waals surface area contributed by atoms with Crippen LogP contribution in [0.15, 0.2) is 29.9 Å². The van der Waals surface area contributed by atoms with Crippen molar-refractivity contribution in [2.24, 2.45) is 0 Å². The number of aryl methyl sites for hydroxylation is 1. The van der Waals surface area contributed by atoms with Crippen molar-refractivity contribution in [2.45, 2.75) is 26.2 Å². The summed E-state index contributed by atoms with van der Waals surface area (Å²) in [6, 6.07) is 5.68. The highest BCUT2D eigenvalue weighted by molar-refractivity contribution is 7.14. The van der Waals surface area contributed by atoms with Gasteiger partial charge in [0.2, 0.25) is 0 Å². The van der Waals surface area contributed by atoms with E-state index in [4.69, 9.17) is 0 Å². The molecular formula is C16H21N5O2S. The van der Waals surface area contributed by atoms with Crippen LogP contribution in [0.4, 0.5) is 10.8 Å². The van der Waals surface area contributed by atoms with Crippen molar-refractivity contribution in [2.75, 3.05) is 23.7 Å². The fourth-order valence-electron chi connectivity index (χ4n) is 2.00. The average Bonchev–Trinajstić information content (AvgIpc) is 3.05. The molecule has 0 saturated heterocycles. The summed E-state index contributed by atoms with van der Waals surface area (Å²) in [4.78, 5) is 31.9. The molecule has 3 N–H and O–H groups in total. The van der Waals surface area contributed by atoms with Crippen LogP contribution in [0.25, 0.3) is 0 Å². The van der Waals surface area contributed by atoms with E-state index in [1.165, 1.54) is 11.3 Å². The third-order valence-corrected chi connectivity index (χ3v) is 4.05. The zero-order valence-electron chi connectivity index (χ0n) is 13.5. The fourth-order valence-corrected chi connectivity index (χ4v) is 2.77. The van der Waals surface area contributed by atoms with Crippen molar-refractivity contribution in [1.82, 2.24) is 15.3 Å². The van der Waals surface area contributed by atoms with Gasteiger partial charge in [0, 0.05) is 19.3 Å². The van der Waals surface area contributed by atoms with Crippen LogP contribution in [0.2, 0.25) is 0 Å². The second-order valence-electron chi connectivity index (χ2n) is 5.04. The van der Waals surface area contributed by atoms with Gasteiger partial charge in [-0.3, -0.25) is 9.59 Å². The van der Waals surface area contributed by atoms with Crippen molar-refractivity contribution in [3.8, 4) is 0 Å². The number of hydrogen-bond acceptors (Lipinski definition) is 6. The summed E-state index contributed by atoms with van der Waals surface area (Å²) in [5.74, 6) is -0.444. The van der Waals surface area contributed by atoms with Crippen molar-refractivity contribution >= 4 is 34.0 Å². The second kappa shape index (κ2) is 9.61. The molecule has 2 rings (SSSR count). The van der Waals surface area contributed by atoms with Crippen LogP contribution in [-0.4, -0.2) is 34.9 Å². The Bertz CT molecular complexity index is 659. The largest absolute Gasteiger partial charge is 0.370 e. The van der Waals surface area contributed by atoms with Gasteiger partial charge in [-0.2, -0.15) is 0 Å². The van der Waals surface area contributed by atoms with Crippen LogP contribution in [0.3, 0.4) is 0 Å². The van der Waals surface area contributed by atoms with E-state index in [0.29, 0.717) is 18.0 Å². The first-order chi connectivity index (χ1) is 11.7. The summed E-state index contributed by atoms with van der Waals surface area (Å²) >= 11 is 1.32. The average molecular weight is 347 g/mol. The van der Waals surface area contributed by atoms with Crippen molar-refractivity contribution in [1.29, 1.82) is 0 Å². The second-order valence-corrected chi connectivity index (χ2v) is 5.90. The highest BCUT2D eigenvalue weighted by Crippen LogP contribution is 2.20. The molecule has 2 amide bonds. The highest BCUT2D eigenvalue weighted by Gasteiger charge is 2.15. The van der Waals surface area contributed by atoms with Crippen LogP contribution in [0.5, 0.6) is 0 Å². The predicted molar refractivity (Wildman–Crippen MR) is 95.1 cm³/mol. The molecule has 0 bridgehead atoms. The molecule has 8 heteroatoms. The van der Waals surface area contributed by atoms with Crippen LogP contribution in [0.1, 0.15) is 25.5 Å². The maximum absolute atomic E-state index is 11.8. The van der Waals surface area contributed by atoms with Gasteiger partial charge in [0.1, 0.15) is 10.8 Å². The Kier molecular flexibility index (Phi) is 7.16. The monoisotopic (exact) mass is 347 g/mol. The van der Waals surface area contributed by atoms with Crippen LogP contribution < -0.4 is 16.0 Å². The Hall–Kier alpha value is -2.48. The smallest absolute Gasteiger partial charge is 0.314 e. The fraction of sp³-hybridized carbons (Fsp3) is 0.375. The summed E-state index contributed by atoms with van der Waals surface area (Å²) < 4.78 is 0. The zero-order valence-corrected chi connectivity index (χ0v) is 14.4. The van der Waals surface area contributed by atoms with E-state index in [-0.39, 0.29) is 0 Å². The van der Waals surface area contributed by atoms with Crippen molar-refractivity contribution in [3.63, 3.8) is 0 Å². The maximum atomic E-state index is 11.8. The van der Waals surface area contributed by atoms with E-state index in [0.717, 1.165) is 30.9 Å². The van der Waals surface area contributed by atoms with Gasteiger partial charge in [-0.15, -0.1) is 11.3 Å². The van der Waals surface area contributed by atoms with Crippen LogP contribution in [-0.2, 0) is 16.0 Å². The van der Waals surface area contributed by atoms with Gasteiger partial charge in [-0.05, 0) is 31.4 Å². The van der Waals surface area contributed by atoms with Gasteiger partial charge in [0.25, 0.3) is 0 Å². The molecule has 0 aliphatic rings. The minimum absolute atomic E-state index is 0.458. The third-order valence-electron chi connectivity index (χ3n) is 3.27. The Morgan fingerprint density at radius 2 is 1.96 bits per heavy atom. The standard InChI is InChI=1S/C16H21N5O2S/c1-2-12-16(24-11-20-12)21-15(23)14(22)19-10-6-5-9-18-13-7-3-4-8-17-13/h3-4,7-8,11H,2,5-6,9-10H2,1H3,(H,17,18)(H,19,22)(H,21,23). The Labute approximate surface area is 144 Å². The lowest BCUT2D eigenvalue weighted by Crippen LogP contribution is -2.36. The van der Waals surface area contributed by atoms with Crippen molar-refractivity contribution in [3.05, 3.63) is 35.6 Å². The highest BCUT2D eigenvalue weighted by atomic mass is 32.1. The van der Waals surface area contributed by atoms with Gasteiger partial charge in [0.05, 0.1) is 11.2 Å². The number of unbranched alkanes of at least 4 members (excludes halogenated alkanes) is 1. The summed E-state index contributed by atoms with van der Waals surface area (Å²) in [5.41, 5.74) is 2.45. The number of carbonyl (C=O) groups excluding carboxylic acids is 2. The first-order valence-electron chi connectivity index (χ1n) is 7.87. The molecule has 0 aliphatic carbocycles. The quantitative estimate of drug-likeness (QED) is 0.502. The van der Waals surface area contributed by atoms with Crippen LogP contribution >= 0.6 is 11.3 Å². The molecule has 0 atom stereocenters. The van der Waals surface area contributed by atoms with Gasteiger partial charge >= 0.3 is 11.8 Å². The first kappa shape index (κ1) is 17.9. The van der Waals surface area contributed by atoms with Gasteiger partial charge in [-0.1, -0.05) is 13.0 Å². The molecule has 128 valence electrons. The number of anilines is 2. The number of thiazole rings is 1. The summed E-state index contributed by atoms with van der Waals surface area (Å²) in [5, 5.41) is 9.05. The van der Waals surface area contributed by atoms with E-state index in [2.05, 4.69) is 25.9 Å². The van der Waals surface area contributed by atoms with Crippen molar-refractivity contribution < 1.29 is 9.59 Å². The van der Waals surface area contributed by atoms with E-state index >= 15 is 0 Å². The topological polar surface area (TPSA) is 96.0 Å². The Morgan fingerprint density at radius 1 is 1.12 bits per heavy atom. The maximum Gasteiger partial charge on any atom is 0.314 e. The number of carbonyl (C=O) groups is 2. The first-order valence-corrected chi connectivity index (χ1v) is 8.75. The molecule has 2 aromatic rings. The molecule has 2 aromatic heterocycles. The molecule has 7 nitrogen and oxygen atoms in total. The number of nitrogens with zero attached hydrogens (tertiary/aromatic N) is 2. The lowest BCUT2D eigenvalue weighted by molar-refractivity contribution is -0.136. The Balaban J connectivity index is 1.60. The molecule has 24 heavy (non-hydrogen) atoms. The minimum Gasteiger partial charge on any atom is -0.370 e. The lowest BCUT2D eigenvalue weighted by Gasteiger charge is -2.07. The van der Waals surface area contributed by atoms with Crippen LogP contribution in [0, 0.1) is 0 Å². The van der Waals surface area contributed by atoms with E-state index in [1.807, 2.05) is 25.1 Å². The molecular weight excluding hydrogens is 326 g/mol. The molecule has 2 heterocycles. The van der Waals surface area contributed by atoms with Gasteiger partial charge in [-0.25, -0.2) is 9.97 Å². The normalized spacial score (nSPS) is 10.2. The summed E-state index contributed by atoms with van der Waals surface area (Å²) in [6.45, 7) is 3.17. The molecule has 0 fully saturated rings. The number of pyridine rings is 1. The third kappa shape index (κ3) is 5.62. The molecule has 0 aromatic carbocycles. The number of amides is 2. The SMILES string of the molecule is CCc1ncsc1NC(=O)C(=O)NCCCCNc1ccccn1. The van der Waals surface area contributed by atoms with E-state index in [1.54, 1.807) is 11.7 Å². The lowest BCUT2D eigenvalue weighted by atomic mass is 10.3. The molecule has 0 radical (unpaired) electrons. The number of aromatic nitrogens is 2. The van der Waals surface area contributed by atoms with Gasteiger partial charge in [0.15, 0.2) is 0 Å². The predicted octanol–water partition coefficient (Wildman–Crippen LogP) is 2.05. The Morgan fingerprint density at radius 3 is 2.71 bits per heavy atom. The molecule has 0 aliphatic heterocycles. The molecule has 0 saturated carbocycles. The zero-order chi connectivity index (χ0) is 17.2.